The Bertz CT molecular complexity index is 1320. The average Bonchev–Trinajstić information content (AvgIpc) is 3.13. The summed E-state index contributed by atoms with van der Waals surface area (Å²) in [5.41, 5.74) is 1.29. The van der Waals surface area contributed by atoms with Gasteiger partial charge in [0, 0.05) is 27.9 Å². The molecule has 2 aliphatic rings. The van der Waals surface area contributed by atoms with E-state index in [-0.39, 0.29) is 11.3 Å². The molecular formula is C26H20ClNO6. The molecule has 172 valence electrons. The maximum absolute atomic E-state index is 13.4. The molecule has 1 amide bonds. The minimum absolute atomic E-state index is 0.0493. The molecule has 0 spiro atoms. The van der Waals surface area contributed by atoms with Crippen LogP contribution in [0.25, 0.3) is 5.76 Å². The lowest BCUT2D eigenvalue weighted by Crippen LogP contribution is -2.30. The molecule has 0 bridgehead atoms. The minimum atomic E-state index is -0.936. The predicted molar refractivity (Wildman–Crippen MR) is 127 cm³/mol. The van der Waals surface area contributed by atoms with Crippen LogP contribution in [-0.4, -0.2) is 37.1 Å². The summed E-state index contributed by atoms with van der Waals surface area (Å²) >= 11 is 5.99. The number of Topliss-reactive ketones (excluding diaryl/α,β-unsaturated/α-hetero) is 1. The Morgan fingerprint density at radius 1 is 1.00 bits per heavy atom. The SMILES string of the molecule is COc1ccccc1C1/C(=C(\O)c2ccc(Cl)cc2)C(=O)C(=O)N1c1ccc2c(c1)OCCO2. The predicted octanol–water partition coefficient (Wildman–Crippen LogP) is 4.75. The van der Waals surface area contributed by atoms with Crippen molar-refractivity contribution in [3.8, 4) is 17.2 Å². The van der Waals surface area contributed by atoms with Crippen LogP contribution in [0.5, 0.6) is 17.2 Å². The molecule has 1 atom stereocenters. The first-order valence-electron chi connectivity index (χ1n) is 10.6. The van der Waals surface area contributed by atoms with Gasteiger partial charge in [-0.05, 0) is 42.5 Å². The first kappa shape index (κ1) is 21.9. The van der Waals surface area contributed by atoms with E-state index in [0.29, 0.717) is 52.3 Å². The number of hydrogen-bond donors (Lipinski definition) is 1. The van der Waals surface area contributed by atoms with E-state index in [4.69, 9.17) is 25.8 Å². The van der Waals surface area contributed by atoms with Crippen LogP contribution in [0, 0.1) is 0 Å². The number of aliphatic hydroxyl groups excluding tert-OH is 1. The fourth-order valence-electron chi connectivity index (χ4n) is 4.23. The lowest BCUT2D eigenvalue weighted by atomic mass is 9.94. The molecule has 34 heavy (non-hydrogen) atoms. The van der Waals surface area contributed by atoms with Crippen LogP contribution in [0.3, 0.4) is 0 Å². The number of benzene rings is 3. The van der Waals surface area contributed by atoms with Gasteiger partial charge < -0.3 is 19.3 Å². The van der Waals surface area contributed by atoms with E-state index < -0.39 is 17.7 Å². The standard InChI is InChI=1S/C26H20ClNO6/c1-32-19-5-3-2-4-18(19)23-22(24(29)15-6-8-16(27)9-7-15)25(30)26(31)28(23)17-10-11-20-21(14-17)34-13-12-33-20/h2-11,14,23,29H,12-13H2,1H3/b24-22+. The second-order valence-electron chi connectivity index (χ2n) is 7.75. The number of anilines is 1. The van der Waals surface area contributed by atoms with E-state index in [0.717, 1.165) is 0 Å². The highest BCUT2D eigenvalue weighted by molar-refractivity contribution is 6.51. The third-order valence-electron chi connectivity index (χ3n) is 5.80. The van der Waals surface area contributed by atoms with Crippen LogP contribution < -0.4 is 19.1 Å². The summed E-state index contributed by atoms with van der Waals surface area (Å²) < 4.78 is 16.8. The van der Waals surface area contributed by atoms with Crippen molar-refractivity contribution < 1.29 is 28.9 Å². The maximum Gasteiger partial charge on any atom is 0.300 e. The van der Waals surface area contributed by atoms with E-state index in [1.165, 1.54) is 12.0 Å². The number of para-hydroxylation sites is 1. The summed E-state index contributed by atoms with van der Waals surface area (Å²) in [7, 11) is 1.51. The van der Waals surface area contributed by atoms with Crippen molar-refractivity contribution >= 4 is 34.7 Å². The number of amides is 1. The van der Waals surface area contributed by atoms with E-state index >= 15 is 0 Å². The number of ketones is 1. The first-order chi connectivity index (χ1) is 16.5. The topological polar surface area (TPSA) is 85.3 Å². The Morgan fingerprint density at radius 2 is 1.71 bits per heavy atom. The normalized spacial score (nSPS) is 18.8. The summed E-state index contributed by atoms with van der Waals surface area (Å²) in [5, 5.41) is 11.7. The van der Waals surface area contributed by atoms with Crippen LogP contribution in [0.2, 0.25) is 5.02 Å². The first-order valence-corrected chi connectivity index (χ1v) is 11.0. The summed E-state index contributed by atoms with van der Waals surface area (Å²) in [6, 6.07) is 17.6. The molecule has 0 radical (unpaired) electrons. The van der Waals surface area contributed by atoms with Gasteiger partial charge in [0.1, 0.15) is 24.7 Å². The van der Waals surface area contributed by atoms with Gasteiger partial charge in [-0.15, -0.1) is 0 Å². The molecule has 2 aliphatic heterocycles. The number of fused-ring (bicyclic) bond motifs is 1. The smallest absolute Gasteiger partial charge is 0.300 e. The molecule has 3 aromatic carbocycles. The maximum atomic E-state index is 13.4. The number of nitrogens with zero attached hydrogens (tertiary/aromatic N) is 1. The van der Waals surface area contributed by atoms with Gasteiger partial charge in [-0.3, -0.25) is 14.5 Å². The number of carbonyl (C=O) groups excluding carboxylic acids is 2. The lowest BCUT2D eigenvalue weighted by Gasteiger charge is -2.28. The highest BCUT2D eigenvalue weighted by atomic mass is 35.5. The van der Waals surface area contributed by atoms with Crippen LogP contribution in [0.4, 0.5) is 5.69 Å². The Kier molecular flexibility index (Phi) is 5.63. The highest BCUT2D eigenvalue weighted by Gasteiger charge is 2.48. The molecule has 1 saturated heterocycles. The molecular weight excluding hydrogens is 458 g/mol. The summed E-state index contributed by atoms with van der Waals surface area (Å²) in [6.07, 6.45) is 0. The monoisotopic (exact) mass is 477 g/mol. The molecule has 0 saturated carbocycles. The lowest BCUT2D eigenvalue weighted by molar-refractivity contribution is -0.132. The van der Waals surface area contributed by atoms with Crippen molar-refractivity contribution in [3.63, 3.8) is 0 Å². The zero-order chi connectivity index (χ0) is 23.8. The molecule has 8 heteroatoms. The van der Waals surface area contributed by atoms with E-state index in [2.05, 4.69) is 0 Å². The Balaban J connectivity index is 1.72. The molecule has 1 fully saturated rings. The van der Waals surface area contributed by atoms with Gasteiger partial charge in [0.25, 0.3) is 11.7 Å². The Labute approximate surface area is 200 Å². The van der Waals surface area contributed by atoms with Crippen LogP contribution in [0.15, 0.2) is 72.3 Å². The summed E-state index contributed by atoms with van der Waals surface area (Å²) in [5.74, 6) is -0.380. The molecule has 7 nitrogen and oxygen atoms in total. The average molecular weight is 478 g/mol. The van der Waals surface area contributed by atoms with Gasteiger partial charge in [0.15, 0.2) is 11.5 Å². The Morgan fingerprint density at radius 3 is 2.44 bits per heavy atom. The van der Waals surface area contributed by atoms with Gasteiger partial charge >= 0.3 is 0 Å². The largest absolute Gasteiger partial charge is 0.507 e. The van der Waals surface area contributed by atoms with E-state index in [1.54, 1.807) is 66.7 Å². The zero-order valence-corrected chi connectivity index (χ0v) is 18.9. The van der Waals surface area contributed by atoms with Crippen molar-refractivity contribution in [2.45, 2.75) is 6.04 Å². The molecule has 3 aromatic rings. The van der Waals surface area contributed by atoms with E-state index in [9.17, 15) is 14.7 Å². The summed E-state index contributed by atoms with van der Waals surface area (Å²) in [6.45, 7) is 0.806. The number of rotatable bonds is 4. The van der Waals surface area contributed by atoms with Crippen molar-refractivity contribution in [3.05, 3.63) is 88.5 Å². The second-order valence-corrected chi connectivity index (χ2v) is 8.18. The molecule has 0 aliphatic carbocycles. The van der Waals surface area contributed by atoms with Gasteiger partial charge in [-0.2, -0.15) is 0 Å². The zero-order valence-electron chi connectivity index (χ0n) is 18.2. The quantitative estimate of drug-likeness (QED) is 0.332. The van der Waals surface area contributed by atoms with Crippen molar-refractivity contribution in [1.82, 2.24) is 0 Å². The number of halogens is 1. The van der Waals surface area contributed by atoms with Crippen LogP contribution >= 0.6 is 11.6 Å². The number of methoxy groups -OCH3 is 1. The van der Waals surface area contributed by atoms with Gasteiger partial charge in [-0.1, -0.05) is 29.8 Å². The Hall–Kier alpha value is -3.97. The summed E-state index contributed by atoms with van der Waals surface area (Å²) in [4.78, 5) is 28.0. The number of ether oxygens (including phenoxy) is 3. The fourth-order valence-corrected chi connectivity index (χ4v) is 4.36. The van der Waals surface area contributed by atoms with Crippen molar-refractivity contribution in [2.75, 3.05) is 25.2 Å². The molecule has 1 unspecified atom stereocenters. The van der Waals surface area contributed by atoms with E-state index in [1.807, 2.05) is 0 Å². The van der Waals surface area contributed by atoms with Gasteiger partial charge in [-0.25, -0.2) is 0 Å². The highest BCUT2D eigenvalue weighted by Crippen LogP contribution is 2.46. The third-order valence-corrected chi connectivity index (χ3v) is 6.05. The number of carbonyl (C=O) groups is 2. The molecule has 0 aromatic heterocycles. The third kappa shape index (κ3) is 3.64. The van der Waals surface area contributed by atoms with Crippen molar-refractivity contribution in [2.24, 2.45) is 0 Å². The van der Waals surface area contributed by atoms with Crippen LogP contribution in [0.1, 0.15) is 17.2 Å². The molecule has 2 heterocycles. The van der Waals surface area contributed by atoms with Gasteiger partial charge in [0.05, 0.1) is 18.7 Å². The second kappa shape index (κ2) is 8.76. The van der Waals surface area contributed by atoms with Gasteiger partial charge in [0.2, 0.25) is 0 Å². The van der Waals surface area contributed by atoms with Crippen LogP contribution in [-0.2, 0) is 9.59 Å². The number of aliphatic hydroxyl groups is 1. The number of hydrogen-bond acceptors (Lipinski definition) is 6. The molecule has 1 N–H and O–H groups in total. The minimum Gasteiger partial charge on any atom is -0.507 e. The van der Waals surface area contributed by atoms with Crippen molar-refractivity contribution in [1.29, 1.82) is 0 Å². The fraction of sp³-hybridized carbons (Fsp3) is 0.154. The molecule has 5 rings (SSSR count).